The van der Waals surface area contributed by atoms with E-state index in [0.717, 1.165) is 11.8 Å². The van der Waals surface area contributed by atoms with Gasteiger partial charge in [0.1, 0.15) is 53.1 Å². The van der Waals surface area contributed by atoms with Crippen LogP contribution in [0.5, 0.6) is 11.5 Å². The second kappa shape index (κ2) is 13.7. The van der Waals surface area contributed by atoms with Crippen LogP contribution >= 0.6 is 23.5 Å². The minimum atomic E-state index is -1.49. The first-order valence-electron chi connectivity index (χ1n) is 15.5. The van der Waals surface area contributed by atoms with E-state index < -0.39 is 92.1 Å². The average Bonchev–Trinajstić information content (AvgIpc) is 3.51. The number of β-lactam (4-membered cyclic amide) rings is 1. The van der Waals surface area contributed by atoms with E-state index in [2.05, 4.69) is 21.3 Å². The van der Waals surface area contributed by atoms with Gasteiger partial charge in [-0.15, -0.1) is 23.5 Å². The molecule has 2 aromatic rings. The van der Waals surface area contributed by atoms with Gasteiger partial charge >= 0.3 is 11.9 Å². The van der Waals surface area contributed by atoms with Crippen LogP contribution in [-0.4, -0.2) is 105 Å². The third-order valence-electron chi connectivity index (χ3n) is 8.87. The molecule has 8 atom stereocenters. The number of phenols is 2. The first-order chi connectivity index (χ1) is 23.3. The molecule has 3 saturated heterocycles. The van der Waals surface area contributed by atoms with Gasteiger partial charge in [-0.3, -0.25) is 29.3 Å². The molecule has 5 rings (SSSR count). The third-order valence-corrected chi connectivity index (χ3v) is 11.9. The minimum absolute atomic E-state index is 0.0566. The fourth-order valence-corrected chi connectivity index (χ4v) is 9.38. The van der Waals surface area contributed by atoms with Crippen molar-refractivity contribution in [1.82, 2.24) is 26.2 Å². The highest BCUT2D eigenvalue weighted by Crippen LogP contribution is 2.51. The van der Waals surface area contributed by atoms with E-state index in [-0.39, 0.29) is 17.1 Å². The predicted molar refractivity (Wildman–Crippen MR) is 182 cm³/mol. The van der Waals surface area contributed by atoms with Crippen molar-refractivity contribution in [2.45, 2.75) is 84.2 Å². The molecule has 0 aliphatic carbocycles. The maximum absolute atomic E-state index is 14.2. The Kier molecular flexibility index (Phi) is 10.0. The molecule has 0 aromatic heterocycles. The molecule has 3 heterocycles. The van der Waals surface area contributed by atoms with Crippen LogP contribution in [0.1, 0.15) is 50.9 Å². The SMILES string of the molecule is CC1(C)S[C@@H]2[C@H](NC(=O)C(NC(=O)C(NC(=O)C(N)c3ccc(O)cc3)C3N[C@@H](C(=O)O)C(C)(C)S3)c3ccc(O)cc3)C(=O)N2[C@H]1C(=O)O. The second-order valence-corrected chi connectivity index (χ2v) is 16.8. The lowest BCUT2D eigenvalue weighted by molar-refractivity contribution is -0.161. The van der Waals surface area contributed by atoms with Crippen molar-refractivity contribution >= 4 is 59.1 Å². The summed E-state index contributed by atoms with van der Waals surface area (Å²) < 4.78 is -1.79. The number of rotatable bonds is 11. The molecule has 4 unspecified atom stereocenters. The number of nitrogens with zero attached hydrogens (tertiary/aromatic N) is 1. The average molecular weight is 731 g/mol. The van der Waals surface area contributed by atoms with Gasteiger partial charge in [-0.2, -0.15) is 0 Å². The van der Waals surface area contributed by atoms with Crippen LogP contribution in [-0.2, 0) is 28.8 Å². The largest absolute Gasteiger partial charge is 0.508 e. The number of benzene rings is 2. The van der Waals surface area contributed by atoms with Crippen LogP contribution in [0.3, 0.4) is 0 Å². The third kappa shape index (κ3) is 7.05. The monoisotopic (exact) mass is 730 g/mol. The molecule has 4 amide bonds. The summed E-state index contributed by atoms with van der Waals surface area (Å²) >= 11 is 2.31. The number of hydrogen-bond acceptors (Lipinski definition) is 12. The fourth-order valence-electron chi connectivity index (χ4n) is 6.26. The van der Waals surface area contributed by atoms with Gasteiger partial charge in [-0.05, 0) is 63.1 Å². The molecule has 18 heteroatoms. The molecule has 3 aliphatic rings. The Morgan fingerprint density at radius 1 is 0.800 bits per heavy atom. The van der Waals surface area contributed by atoms with Crippen molar-refractivity contribution < 1.29 is 49.2 Å². The highest BCUT2D eigenvalue weighted by atomic mass is 32.2. The van der Waals surface area contributed by atoms with Crippen molar-refractivity contribution in [3.05, 3.63) is 59.7 Å². The summed E-state index contributed by atoms with van der Waals surface area (Å²) in [6.45, 7) is 6.69. The van der Waals surface area contributed by atoms with Crippen molar-refractivity contribution in [3.63, 3.8) is 0 Å². The Labute approximate surface area is 294 Å². The van der Waals surface area contributed by atoms with Crippen LogP contribution in [0, 0.1) is 0 Å². The predicted octanol–water partition coefficient (Wildman–Crippen LogP) is -0.0341. The number of aliphatic carboxylic acids is 2. The zero-order chi connectivity index (χ0) is 36.9. The topological polar surface area (TPSA) is 261 Å². The van der Waals surface area contributed by atoms with Gasteiger partial charge in [0.05, 0.1) is 5.37 Å². The summed E-state index contributed by atoms with van der Waals surface area (Å²) in [5.41, 5.74) is 6.70. The van der Waals surface area contributed by atoms with E-state index in [1.807, 2.05) is 0 Å². The summed E-state index contributed by atoms with van der Waals surface area (Å²) in [5.74, 6) is -5.70. The minimum Gasteiger partial charge on any atom is -0.508 e. The van der Waals surface area contributed by atoms with Crippen molar-refractivity contribution in [2.75, 3.05) is 0 Å². The molecular weight excluding hydrogens is 693 g/mol. The lowest BCUT2D eigenvalue weighted by atomic mass is 9.95. The Bertz CT molecular complexity index is 1710. The molecule has 0 spiro atoms. The maximum atomic E-state index is 14.2. The number of carboxylic acid groups (broad SMARTS) is 2. The number of phenolic OH excluding ortho intramolecular Hbond substituents is 2. The molecular formula is C32H38N6O10S2. The van der Waals surface area contributed by atoms with Crippen LogP contribution < -0.4 is 27.0 Å². The molecule has 3 fully saturated rings. The quantitative estimate of drug-likeness (QED) is 0.138. The number of fused-ring (bicyclic) bond motifs is 1. The van der Waals surface area contributed by atoms with Gasteiger partial charge in [-0.1, -0.05) is 24.3 Å². The van der Waals surface area contributed by atoms with E-state index in [0.29, 0.717) is 5.56 Å². The van der Waals surface area contributed by atoms with Crippen molar-refractivity contribution in [2.24, 2.45) is 5.73 Å². The molecule has 50 heavy (non-hydrogen) atoms. The van der Waals surface area contributed by atoms with Gasteiger partial charge in [0.25, 0.3) is 0 Å². The zero-order valence-electron chi connectivity index (χ0n) is 27.3. The van der Waals surface area contributed by atoms with Gasteiger partial charge in [0.15, 0.2) is 0 Å². The molecule has 0 saturated carbocycles. The van der Waals surface area contributed by atoms with Crippen LogP contribution in [0.25, 0.3) is 0 Å². The first-order valence-corrected chi connectivity index (χ1v) is 17.2. The number of hydrogen-bond donors (Lipinski definition) is 9. The number of amides is 4. The molecule has 3 aliphatic heterocycles. The lowest BCUT2D eigenvalue weighted by Crippen LogP contribution is -2.71. The number of nitrogens with one attached hydrogen (secondary N) is 4. The number of carboxylic acids is 2. The Balaban J connectivity index is 1.42. The number of thioether (sulfide) groups is 2. The van der Waals surface area contributed by atoms with Crippen LogP contribution in [0.2, 0.25) is 0 Å². The van der Waals surface area contributed by atoms with E-state index in [1.54, 1.807) is 27.7 Å². The van der Waals surface area contributed by atoms with Crippen LogP contribution in [0.15, 0.2) is 48.5 Å². The van der Waals surface area contributed by atoms with Gasteiger partial charge < -0.3 is 47.0 Å². The van der Waals surface area contributed by atoms with E-state index >= 15 is 0 Å². The van der Waals surface area contributed by atoms with E-state index in [4.69, 9.17) is 5.73 Å². The van der Waals surface area contributed by atoms with Crippen molar-refractivity contribution in [3.8, 4) is 11.5 Å². The summed E-state index contributed by atoms with van der Waals surface area (Å²) in [5, 5.41) is 48.2. The molecule has 0 radical (unpaired) electrons. The highest BCUT2D eigenvalue weighted by Gasteiger charge is 2.64. The number of aromatic hydroxyl groups is 2. The van der Waals surface area contributed by atoms with Crippen LogP contribution in [0.4, 0.5) is 0 Å². The molecule has 0 bridgehead atoms. The van der Waals surface area contributed by atoms with Gasteiger partial charge in [-0.25, -0.2) is 4.79 Å². The highest BCUT2D eigenvalue weighted by molar-refractivity contribution is 8.02. The Morgan fingerprint density at radius 2 is 1.36 bits per heavy atom. The van der Waals surface area contributed by atoms with Gasteiger partial charge in [0, 0.05) is 9.49 Å². The first kappa shape index (κ1) is 36.8. The fraction of sp³-hybridized carbons (Fsp3) is 0.438. The summed E-state index contributed by atoms with van der Waals surface area (Å²) in [4.78, 5) is 79.9. The van der Waals surface area contributed by atoms with Crippen molar-refractivity contribution in [1.29, 1.82) is 0 Å². The summed E-state index contributed by atoms with van der Waals surface area (Å²) in [6.07, 6.45) is 0. The zero-order valence-corrected chi connectivity index (χ0v) is 29.0. The Morgan fingerprint density at radius 3 is 1.88 bits per heavy atom. The molecule has 2 aromatic carbocycles. The smallest absolute Gasteiger partial charge is 0.327 e. The summed E-state index contributed by atoms with van der Waals surface area (Å²) in [7, 11) is 0. The normalized spacial score (nSPS) is 26.5. The maximum Gasteiger partial charge on any atom is 0.327 e. The summed E-state index contributed by atoms with van der Waals surface area (Å²) in [6, 6.07) is 3.24. The number of carbonyl (C=O) groups excluding carboxylic acids is 4. The number of carbonyl (C=O) groups is 6. The Hall–Kier alpha value is -4.52. The lowest BCUT2D eigenvalue weighted by Gasteiger charge is -2.44. The van der Waals surface area contributed by atoms with E-state index in [9.17, 15) is 49.2 Å². The molecule has 268 valence electrons. The van der Waals surface area contributed by atoms with Gasteiger partial charge in [0.2, 0.25) is 23.6 Å². The molecule has 16 nitrogen and oxygen atoms in total. The number of nitrogens with two attached hydrogens (primary N) is 1. The molecule has 10 N–H and O–H groups in total. The standard InChI is InChI=1S/C32H38N6O10S2/c1-31(2)21(29(45)46)37-26(49-31)19(35-23(41)17(33)13-5-9-15(39)10-6-13)25(43)34-18(14-7-11-16(40)12-8-14)24(42)36-20-27(44)38-22(30(47)48)32(3,4)50-28(20)38/h5-12,17-22,26,28,37,39-40H,33H2,1-4H3,(H,34,43)(H,35,41)(H,36,42)(H,45,46)(H,47,48)/t17?,18?,19?,20-,21+,22+,26?,28-/m1/s1. The second-order valence-electron chi connectivity index (χ2n) is 13.3. The van der Waals surface area contributed by atoms with E-state index in [1.165, 1.54) is 65.2 Å².